The molecule has 0 bridgehead atoms. The van der Waals surface area contributed by atoms with Gasteiger partial charge in [-0.15, -0.1) is 0 Å². The zero-order valence-corrected chi connectivity index (χ0v) is 17.1. The number of fused-ring (bicyclic) bond motifs is 2. The Morgan fingerprint density at radius 1 is 0.867 bits per heavy atom. The van der Waals surface area contributed by atoms with Crippen LogP contribution in [0.15, 0.2) is 66.7 Å². The molecule has 30 heavy (non-hydrogen) atoms. The number of ether oxygens (including phenoxy) is 1. The first kappa shape index (κ1) is 19.5. The molecule has 0 saturated carbocycles. The molecular weight excluding hydrogens is 378 g/mol. The largest absolute Gasteiger partial charge is 0.454 e. The van der Waals surface area contributed by atoms with Crippen LogP contribution in [0.2, 0.25) is 0 Å². The molecule has 0 radical (unpaired) electrons. The molecule has 1 aliphatic heterocycles. The summed E-state index contributed by atoms with van der Waals surface area (Å²) in [5, 5.41) is 8.39. The Morgan fingerprint density at radius 3 is 2.27 bits per heavy atom. The SMILES string of the molecule is CC(C)(C)c1ccc(NC(=O)Nc2ccc3c(c2)C(=O)Nc2ccccc2O3)cc1. The number of para-hydroxylation sites is 2. The number of carbonyl (C=O) groups is 2. The second-order valence-electron chi connectivity index (χ2n) is 8.17. The molecule has 0 aliphatic carbocycles. The summed E-state index contributed by atoms with van der Waals surface area (Å²) in [7, 11) is 0. The van der Waals surface area contributed by atoms with Crippen LogP contribution < -0.4 is 20.7 Å². The third kappa shape index (κ3) is 4.12. The molecule has 1 heterocycles. The summed E-state index contributed by atoms with van der Waals surface area (Å²) in [4.78, 5) is 25.0. The van der Waals surface area contributed by atoms with Gasteiger partial charge in [0.1, 0.15) is 5.75 Å². The molecular formula is C24H23N3O3. The number of hydrogen-bond donors (Lipinski definition) is 3. The van der Waals surface area contributed by atoms with E-state index in [2.05, 4.69) is 36.7 Å². The predicted molar refractivity (Wildman–Crippen MR) is 119 cm³/mol. The number of amides is 3. The minimum atomic E-state index is -0.392. The molecule has 4 rings (SSSR count). The molecule has 0 aromatic heterocycles. The molecule has 3 aromatic rings. The van der Waals surface area contributed by atoms with E-state index < -0.39 is 6.03 Å². The van der Waals surface area contributed by atoms with Gasteiger partial charge in [0.15, 0.2) is 5.75 Å². The van der Waals surface area contributed by atoms with Crippen molar-refractivity contribution in [3.8, 4) is 11.5 Å². The van der Waals surface area contributed by atoms with Gasteiger partial charge in [-0.1, -0.05) is 45.0 Å². The van der Waals surface area contributed by atoms with Crippen LogP contribution in [0.5, 0.6) is 11.5 Å². The summed E-state index contributed by atoms with van der Waals surface area (Å²) in [6, 6.07) is 19.5. The maximum atomic E-state index is 12.6. The van der Waals surface area contributed by atoms with Crippen molar-refractivity contribution in [1.29, 1.82) is 0 Å². The van der Waals surface area contributed by atoms with Gasteiger partial charge in [-0.2, -0.15) is 0 Å². The van der Waals surface area contributed by atoms with E-state index >= 15 is 0 Å². The van der Waals surface area contributed by atoms with Crippen molar-refractivity contribution in [1.82, 2.24) is 0 Å². The minimum absolute atomic E-state index is 0.0466. The zero-order chi connectivity index (χ0) is 21.3. The van der Waals surface area contributed by atoms with Crippen molar-refractivity contribution in [2.45, 2.75) is 26.2 Å². The summed E-state index contributed by atoms with van der Waals surface area (Å²) >= 11 is 0. The molecule has 0 saturated heterocycles. The van der Waals surface area contributed by atoms with Gasteiger partial charge in [0.05, 0.1) is 11.3 Å². The van der Waals surface area contributed by atoms with Crippen molar-refractivity contribution in [3.63, 3.8) is 0 Å². The number of carbonyl (C=O) groups excluding carboxylic acids is 2. The van der Waals surface area contributed by atoms with Gasteiger partial charge >= 0.3 is 6.03 Å². The molecule has 6 nitrogen and oxygen atoms in total. The fourth-order valence-electron chi connectivity index (χ4n) is 3.19. The van der Waals surface area contributed by atoms with Gasteiger partial charge in [-0.3, -0.25) is 4.79 Å². The Hall–Kier alpha value is -3.80. The first-order valence-electron chi connectivity index (χ1n) is 9.70. The number of nitrogens with one attached hydrogen (secondary N) is 3. The minimum Gasteiger partial charge on any atom is -0.454 e. The lowest BCUT2D eigenvalue weighted by Crippen LogP contribution is -2.20. The van der Waals surface area contributed by atoms with Gasteiger partial charge in [-0.05, 0) is 53.4 Å². The third-order valence-corrected chi connectivity index (χ3v) is 4.85. The highest BCUT2D eigenvalue weighted by Gasteiger charge is 2.21. The monoisotopic (exact) mass is 401 g/mol. The summed E-state index contributed by atoms with van der Waals surface area (Å²) in [5.41, 5.74) is 3.36. The molecule has 1 aliphatic rings. The number of rotatable bonds is 2. The normalized spacial score (nSPS) is 12.6. The Balaban J connectivity index is 1.48. The number of urea groups is 1. The van der Waals surface area contributed by atoms with E-state index in [0.29, 0.717) is 34.1 Å². The highest BCUT2D eigenvalue weighted by atomic mass is 16.5. The lowest BCUT2D eigenvalue weighted by molar-refractivity contribution is 0.102. The summed E-state index contributed by atoms with van der Waals surface area (Å²) in [6.45, 7) is 6.41. The highest BCUT2D eigenvalue weighted by molar-refractivity contribution is 6.09. The van der Waals surface area contributed by atoms with Crippen LogP contribution in [0.1, 0.15) is 36.7 Å². The van der Waals surface area contributed by atoms with E-state index in [1.54, 1.807) is 30.3 Å². The first-order valence-corrected chi connectivity index (χ1v) is 9.70. The van der Waals surface area contributed by atoms with Gasteiger partial charge in [0.2, 0.25) is 0 Å². The predicted octanol–water partition coefficient (Wildman–Crippen LogP) is 5.99. The average molecular weight is 401 g/mol. The van der Waals surface area contributed by atoms with Crippen LogP contribution in [-0.2, 0) is 5.41 Å². The molecule has 152 valence electrons. The first-order chi connectivity index (χ1) is 14.3. The summed E-state index contributed by atoms with van der Waals surface area (Å²) in [6.07, 6.45) is 0. The molecule has 3 N–H and O–H groups in total. The highest BCUT2D eigenvalue weighted by Crippen LogP contribution is 2.36. The topological polar surface area (TPSA) is 79.5 Å². The van der Waals surface area contributed by atoms with Gasteiger partial charge in [0, 0.05) is 11.4 Å². The molecule has 3 aromatic carbocycles. The van der Waals surface area contributed by atoms with Crippen molar-refractivity contribution < 1.29 is 14.3 Å². The summed E-state index contributed by atoms with van der Waals surface area (Å²) < 4.78 is 5.86. The molecule has 3 amide bonds. The van der Waals surface area contributed by atoms with E-state index in [1.165, 1.54) is 5.56 Å². The second-order valence-corrected chi connectivity index (χ2v) is 8.17. The smallest absolute Gasteiger partial charge is 0.323 e. The van der Waals surface area contributed by atoms with Gasteiger partial charge in [-0.25, -0.2) is 4.79 Å². The van der Waals surface area contributed by atoms with E-state index in [4.69, 9.17) is 4.74 Å². The van der Waals surface area contributed by atoms with E-state index in [1.807, 2.05) is 36.4 Å². The number of anilines is 3. The van der Waals surface area contributed by atoms with Crippen LogP contribution in [0, 0.1) is 0 Å². The van der Waals surface area contributed by atoms with Gasteiger partial charge < -0.3 is 20.7 Å². The maximum Gasteiger partial charge on any atom is 0.323 e. The van der Waals surface area contributed by atoms with Crippen molar-refractivity contribution in [2.24, 2.45) is 0 Å². The zero-order valence-electron chi connectivity index (χ0n) is 17.1. The van der Waals surface area contributed by atoms with E-state index in [0.717, 1.165) is 0 Å². The third-order valence-electron chi connectivity index (χ3n) is 4.85. The fraction of sp³-hybridized carbons (Fsp3) is 0.167. The van der Waals surface area contributed by atoms with E-state index in [9.17, 15) is 9.59 Å². The Labute approximate surface area is 175 Å². The number of benzene rings is 3. The van der Waals surface area contributed by atoms with Crippen LogP contribution in [0.4, 0.5) is 21.9 Å². The second kappa shape index (κ2) is 7.55. The molecule has 0 spiro atoms. The lowest BCUT2D eigenvalue weighted by Gasteiger charge is -2.19. The molecule has 0 fully saturated rings. The van der Waals surface area contributed by atoms with Crippen LogP contribution in [0.25, 0.3) is 0 Å². The van der Waals surface area contributed by atoms with Crippen LogP contribution >= 0.6 is 0 Å². The lowest BCUT2D eigenvalue weighted by atomic mass is 9.87. The van der Waals surface area contributed by atoms with Gasteiger partial charge in [0.25, 0.3) is 5.91 Å². The quantitative estimate of drug-likeness (QED) is 0.494. The molecule has 0 atom stereocenters. The average Bonchev–Trinajstić information content (AvgIpc) is 2.83. The standard InChI is InChI=1S/C24H23N3O3/c1-24(2,3)15-8-10-16(11-9-15)25-23(29)26-17-12-13-20-18(14-17)22(28)27-19-6-4-5-7-21(19)30-20/h4-14H,1-3H3,(H,27,28)(H2,25,26,29). The number of hydrogen-bond acceptors (Lipinski definition) is 3. The van der Waals surface area contributed by atoms with Crippen LogP contribution in [0.3, 0.4) is 0 Å². The maximum absolute atomic E-state index is 12.6. The molecule has 6 heteroatoms. The Bertz CT molecular complexity index is 1120. The Morgan fingerprint density at radius 2 is 1.53 bits per heavy atom. The molecule has 0 unspecified atom stereocenters. The van der Waals surface area contributed by atoms with Crippen molar-refractivity contribution >= 4 is 29.0 Å². The van der Waals surface area contributed by atoms with Crippen molar-refractivity contribution in [2.75, 3.05) is 16.0 Å². The van der Waals surface area contributed by atoms with Crippen LogP contribution in [-0.4, -0.2) is 11.9 Å². The van der Waals surface area contributed by atoms with Crippen molar-refractivity contribution in [3.05, 3.63) is 77.9 Å². The Kier molecular flexibility index (Phi) is 4.91. The summed E-state index contributed by atoms with van der Waals surface area (Å²) in [5.74, 6) is 0.708. The van der Waals surface area contributed by atoms with E-state index in [-0.39, 0.29) is 11.3 Å². The fourth-order valence-corrected chi connectivity index (χ4v) is 3.19.